The largest absolute Gasteiger partial charge is 0.497 e. The lowest BCUT2D eigenvalue weighted by Crippen LogP contribution is -2.01. The van der Waals surface area contributed by atoms with E-state index in [4.69, 9.17) is 16.3 Å². The van der Waals surface area contributed by atoms with Crippen molar-refractivity contribution in [3.63, 3.8) is 0 Å². The highest BCUT2D eigenvalue weighted by Crippen LogP contribution is 2.28. The molecular formula is C18H17ClFN3OS. The molecule has 0 spiro atoms. The average molecular weight is 378 g/mol. The lowest BCUT2D eigenvalue weighted by molar-refractivity contribution is 0.414. The van der Waals surface area contributed by atoms with Crippen LogP contribution in [-0.4, -0.2) is 21.9 Å². The molecule has 0 N–H and O–H groups in total. The van der Waals surface area contributed by atoms with E-state index in [1.54, 1.807) is 19.2 Å². The Kier molecular flexibility index (Phi) is 5.60. The Labute approximate surface area is 155 Å². The quantitative estimate of drug-likeness (QED) is 0.593. The molecule has 0 unspecified atom stereocenters. The summed E-state index contributed by atoms with van der Waals surface area (Å²) < 4.78 is 20.9. The molecule has 0 aliphatic heterocycles. The third-order valence-electron chi connectivity index (χ3n) is 3.85. The van der Waals surface area contributed by atoms with Crippen molar-refractivity contribution in [2.75, 3.05) is 7.11 Å². The Bertz CT molecular complexity index is 847. The van der Waals surface area contributed by atoms with Gasteiger partial charge in [0.15, 0.2) is 5.16 Å². The second kappa shape index (κ2) is 7.89. The van der Waals surface area contributed by atoms with Gasteiger partial charge in [0.2, 0.25) is 0 Å². The third-order valence-corrected chi connectivity index (χ3v) is 5.25. The molecule has 7 heteroatoms. The van der Waals surface area contributed by atoms with Crippen molar-refractivity contribution in [1.29, 1.82) is 0 Å². The van der Waals surface area contributed by atoms with Gasteiger partial charge in [-0.05, 0) is 29.8 Å². The molecular weight excluding hydrogens is 361 g/mol. The number of halogens is 2. The first-order valence-corrected chi connectivity index (χ1v) is 9.01. The van der Waals surface area contributed by atoms with Crippen LogP contribution < -0.4 is 4.74 Å². The first-order chi connectivity index (χ1) is 12.1. The van der Waals surface area contributed by atoms with E-state index in [1.165, 1.54) is 17.8 Å². The van der Waals surface area contributed by atoms with Gasteiger partial charge in [0.05, 0.1) is 7.11 Å². The van der Waals surface area contributed by atoms with E-state index in [2.05, 4.69) is 10.2 Å². The van der Waals surface area contributed by atoms with Gasteiger partial charge in [-0.15, -0.1) is 10.2 Å². The van der Waals surface area contributed by atoms with Gasteiger partial charge in [-0.1, -0.05) is 41.6 Å². The van der Waals surface area contributed by atoms with Gasteiger partial charge in [0, 0.05) is 29.8 Å². The lowest BCUT2D eigenvalue weighted by atomic mass is 10.1. The predicted octanol–water partition coefficient (Wildman–Crippen LogP) is 4.50. The number of rotatable bonds is 6. The van der Waals surface area contributed by atoms with Crippen molar-refractivity contribution in [2.45, 2.75) is 17.3 Å². The second-order valence-electron chi connectivity index (χ2n) is 5.47. The molecule has 0 radical (unpaired) electrons. The van der Waals surface area contributed by atoms with Gasteiger partial charge >= 0.3 is 0 Å². The van der Waals surface area contributed by atoms with Gasteiger partial charge in [0.25, 0.3) is 0 Å². The summed E-state index contributed by atoms with van der Waals surface area (Å²) in [6.45, 7) is 0. The standard InChI is InChI=1S/C18H17ClFN3OS/c1-23-17(10-12-6-8-13(24-2)9-7-12)21-22-18(23)25-11-14-15(19)4-3-5-16(14)20/h3-9H,10-11H2,1-2H3. The van der Waals surface area contributed by atoms with Crippen molar-refractivity contribution in [1.82, 2.24) is 14.8 Å². The molecule has 0 bridgehead atoms. The number of nitrogens with zero attached hydrogens (tertiary/aromatic N) is 3. The Balaban J connectivity index is 1.70. The zero-order valence-electron chi connectivity index (χ0n) is 13.9. The fraction of sp³-hybridized carbons (Fsp3) is 0.222. The van der Waals surface area contributed by atoms with E-state index in [1.807, 2.05) is 35.9 Å². The van der Waals surface area contributed by atoms with Gasteiger partial charge < -0.3 is 9.30 Å². The van der Waals surface area contributed by atoms with Gasteiger partial charge in [-0.3, -0.25) is 0 Å². The second-order valence-corrected chi connectivity index (χ2v) is 6.82. The van der Waals surface area contributed by atoms with Crippen molar-refractivity contribution in [3.8, 4) is 5.75 Å². The van der Waals surface area contributed by atoms with E-state index >= 15 is 0 Å². The van der Waals surface area contributed by atoms with Crippen LogP contribution in [-0.2, 0) is 19.2 Å². The number of thioether (sulfide) groups is 1. The zero-order chi connectivity index (χ0) is 17.8. The normalized spacial score (nSPS) is 10.9. The highest BCUT2D eigenvalue weighted by Gasteiger charge is 2.13. The van der Waals surface area contributed by atoms with E-state index in [9.17, 15) is 4.39 Å². The molecule has 25 heavy (non-hydrogen) atoms. The Morgan fingerprint density at radius 2 is 1.92 bits per heavy atom. The molecule has 0 amide bonds. The van der Waals surface area contributed by atoms with Gasteiger partial charge in [-0.2, -0.15) is 0 Å². The topological polar surface area (TPSA) is 39.9 Å². The number of methoxy groups -OCH3 is 1. The first kappa shape index (κ1) is 17.8. The van der Waals surface area contributed by atoms with Crippen molar-refractivity contribution in [3.05, 3.63) is 70.3 Å². The maximum absolute atomic E-state index is 13.9. The summed E-state index contributed by atoms with van der Waals surface area (Å²) in [6.07, 6.45) is 0.661. The fourth-order valence-electron chi connectivity index (χ4n) is 2.36. The summed E-state index contributed by atoms with van der Waals surface area (Å²) in [5.41, 5.74) is 1.60. The molecule has 0 aliphatic rings. The number of benzene rings is 2. The van der Waals surface area contributed by atoms with Crippen LogP contribution in [0.3, 0.4) is 0 Å². The lowest BCUT2D eigenvalue weighted by Gasteiger charge is -2.07. The van der Waals surface area contributed by atoms with Crippen molar-refractivity contribution < 1.29 is 9.13 Å². The molecule has 1 aromatic heterocycles. The van der Waals surface area contributed by atoms with Crippen LogP contribution >= 0.6 is 23.4 Å². The van der Waals surface area contributed by atoms with Crippen LogP contribution in [0.2, 0.25) is 5.02 Å². The van der Waals surface area contributed by atoms with Crippen LogP contribution in [0.5, 0.6) is 5.75 Å². The molecule has 2 aromatic carbocycles. The Morgan fingerprint density at radius 1 is 1.16 bits per heavy atom. The summed E-state index contributed by atoms with van der Waals surface area (Å²) in [4.78, 5) is 0. The van der Waals surface area contributed by atoms with E-state index < -0.39 is 0 Å². The molecule has 0 atom stereocenters. The average Bonchev–Trinajstić information content (AvgIpc) is 2.95. The molecule has 1 heterocycles. The first-order valence-electron chi connectivity index (χ1n) is 7.65. The van der Waals surface area contributed by atoms with Crippen LogP contribution in [0.1, 0.15) is 17.0 Å². The highest BCUT2D eigenvalue weighted by molar-refractivity contribution is 7.98. The molecule has 0 fully saturated rings. The number of aromatic nitrogens is 3. The smallest absolute Gasteiger partial charge is 0.191 e. The summed E-state index contributed by atoms with van der Waals surface area (Å²) in [7, 11) is 3.55. The maximum Gasteiger partial charge on any atom is 0.191 e. The molecule has 0 aliphatic carbocycles. The minimum atomic E-state index is -0.305. The van der Waals surface area contributed by atoms with Crippen LogP contribution in [0.4, 0.5) is 4.39 Å². The summed E-state index contributed by atoms with van der Waals surface area (Å²) in [6, 6.07) is 12.5. The molecule has 0 saturated heterocycles. The predicted molar refractivity (Wildman–Crippen MR) is 97.8 cm³/mol. The Hall–Kier alpha value is -2.05. The highest BCUT2D eigenvalue weighted by atomic mass is 35.5. The monoisotopic (exact) mass is 377 g/mol. The van der Waals surface area contributed by atoms with E-state index in [0.29, 0.717) is 22.8 Å². The maximum atomic E-state index is 13.9. The molecule has 3 rings (SSSR count). The summed E-state index contributed by atoms with van der Waals surface area (Å²) in [5.74, 6) is 1.76. The molecule has 4 nitrogen and oxygen atoms in total. The van der Waals surface area contributed by atoms with Crippen LogP contribution in [0.25, 0.3) is 0 Å². The van der Waals surface area contributed by atoms with Crippen molar-refractivity contribution in [2.24, 2.45) is 7.05 Å². The number of ether oxygens (including phenoxy) is 1. The molecule has 0 saturated carbocycles. The van der Waals surface area contributed by atoms with E-state index in [-0.39, 0.29) is 5.82 Å². The minimum absolute atomic E-state index is 0.305. The van der Waals surface area contributed by atoms with E-state index in [0.717, 1.165) is 22.3 Å². The fourth-order valence-corrected chi connectivity index (χ4v) is 3.63. The molecule has 130 valence electrons. The number of hydrogen-bond acceptors (Lipinski definition) is 4. The summed E-state index contributed by atoms with van der Waals surface area (Å²) in [5, 5.41) is 9.60. The van der Waals surface area contributed by atoms with Crippen LogP contribution in [0, 0.1) is 5.82 Å². The number of hydrogen-bond donors (Lipinski definition) is 0. The van der Waals surface area contributed by atoms with Gasteiger partial charge in [0.1, 0.15) is 17.4 Å². The summed E-state index contributed by atoms with van der Waals surface area (Å²) >= 11 is 7.48. The molecule has 3 aromatic rings. The third kappa shape index (κ3) is 4.14. The Morgan fingerprint density at radius 3 is 2.60 bits per heavy atom. The zero-order valence-corrected chi connectivity index (χ0v) is 15.4. The van der Waals surface area contributed by atoms with Crippen LogP contribution in [0.15, 0.2) is 47.6 Å². The van der Waals surface area contributed by atoms with Gasteiger partial charge in [-0.25, -0.2) is 4.39 Å². The van der Waals surface area contributed by atoms with Crippen molar-refractivity contribution >= 4 is 23.4 Å². The minimum Gasteiger partial charge on any atom is -0.497 e. The SMILES string of the molecule is COc1ccc(Cc2nnc(SCc3c(F)cccc3Cl)n2C)cc1.